The van der Waals surface area contributed by atoms with E-state index in [0.29, 0.717) is 50.6 Å². The van der Waals surface area contributed by atoms with Crippen molar-refractivity contribution < 1.29 is 38.0 Å². The average molecular weight is 469 g/mol. The normalized spacial score (nSPS) is 10.4. The highest BCUT2D eigenvalue weighted by molar-refractivity contribution is 6.17. The average Bonchev–Trinajstić information content (AvgIpc) is 2.88. The number of carbonyl (C=O) groups is 2. The SMILES string of the molecule is CNC(=O)c1cc2cc(OC)c(OC)cc2c(-c2cc(OC)c(OC)c(OC)c2)c1C(=O)OC. The first kappa shape index (κ1) is 24.5. The zero-order valence-corrected chi connectivity index (χ0v) is 20.2. The van der Waals surface area contributed by atoms with Gasteiger partial charge in [0, 0.05) is 12.6 Å². The van der Waals surface area contributed by atoms with Crippen LogP contribution in [0.2, 0.25) is 0 Å². The zero-order chi connectivity index (χ0) is 25.0. The standard InChI is InChI=1S/C25H27NO8/c1-26-24(27)16-8-13-9-17(29-2)18(30-3)12-15(13)21(22(16)25(28)34-7)14-10-19(31-4)23(33-6)20(11-14)32-5/h8-12H,1-7H3,(H,26,27). The third-order valence-electron chi connectivity index (χ3n) is 5.46. The number of carbonyl (C=O) groups excluding carboxylic acids is 2. The molecule has 0 bridgehead atoms. The molecule has 0 unspecified atom stereocenters. The predicted molar refractivity (Wildman–Crippen MR) is 127 cm³/mol. The van der Waals surface area contributed by atoms with Crippen LogP contribution in [0.3, 0.4) is 0 Å². The summed E-state index contributed by atoms with van der Waals surface area (Å²) in [6.45, 7) is 0. The van der Waals surface area contributed by atoms with E-state index >= 15 is 0 Å². The second kappa shape index (κ2) is 10.2. The van der Waals surface area contributed by atoms with Crippen molar-refractivity contribution in [3.05, 3.63) is 41.5 Å². The molecule has 0 aromatic heterocycles. The molecule has 0 aliphatic heterocycles. The van der Waals surface area contributed by atoms with E-state index in [1.54, 1.807) is 30.3 Å². The molecule has 0 spiro atoms. The fourth-order valence-electron chi connectivity index (χ4n) is 3.88. The van der Waals surface area contributed by atoms with Crippen molar-refractivity contribution in [3.8, 4) is 39.9 Å². The first-order valence-electron chi connectivity index (χ1n) is 10.2. The van der Waals surface area contributed by atoms with Crippen molar-refractivity contribution in [3.63, 3.8) is 0 Å². The number of methoxy groups -OCH3 is 6. The summed E-state index contributed by atoms with van der Waals surface area (Å²) < 4.78 is 32.5. The highest BCUT2D eigenvalue weighted by atomic mass is 16.5. The van der Waals surface area contributed by atoms with Crippen LogP contribution in [0.5, 0.6) is 28.7 Å². The Morgan fingerprint density at radius 3 is 1.74 bits per heavy atom. The maximum Gasteiger partial charge on any atom is 0.339 e. The molecule has 1 N–H and O–H groups in total. The number of esters is 1. The highest BCUT2D eigenvalue weighted by Gasteiger charge is 2.27. The summed E-state index contributed by atoms with van der Waals surface area (Å²) in [5, 5.41) is 3.86. The second-order valence-corrected chi connectivity index (χ2v) is 7.09. The monoisotopic (exact) mass is 469 g/mol. The first-order valence-corrected chi connectivity index (χ1v) is 10.2. The molecule has 1 amide bonds. The molecule has 0 fully saturated rings. The van der Waals surface area contributed by atoms with Crippen LogP contribution in [0.25, 0.3) is 21.9 Å². The summed E-state index contributed by atoms with van der Waals surface area (Å²) in [7, 11) is 10.3. The molecule has 34 heavy (non-hydrogen) atoms. The second-order valence-electron chi connectivity index (χ2n) is 7.09. The molecule has 9 heteroatoms. The number of fused-ring (bicyclic) bond motifs is 1. The Morgan fingerprint density at radius 2 is 1.26 bits per heavy atom. The van der Waals surface area contributed by atoms with Gasteiger partial charge in [-0.25, -0.2) is 4.79 Å². The Labute approximate surface area is 197 Å². The van der Waals surface area contributed by atoms with Crippen LogP contribution >= 0.6 is 0 Å². The molecule has 9 nitrogen and oxygen atoms in total. The lowest BCUT2D eigenvalue weighted by Crippen LogP contribution is -2.22. The Bertz CT molecular complexity index is 1230. The maximum absolute atomic E-state index is 13.1. The molecule has 3 aromatic carbocycles. The van der Waals surface area contributed by atoms with Crippen LogP contribution in [0.15, 0.2) is 30.3 Å². The smallest absolute Gasteiger partial charge is 0.339 e. The molecule has 0 saturated carbocycles. The van der Waals surface area contributed by atoms with Gasteiger partial charge in [-0.15, -0.1) is 0 Å². The molecule has 0 atom stereocenters. The van der Waals surface area contributed by atoms with E-state index in [9.17, 15) is 9.59 Å². The van der Waals surface area contributed by atoms with Crippen LogP contribution in [0.4, 0.5) is 0 Å². The molecule has 180 valence electrons. The molecule has 0 saturated heterocycles. The lowest BCUT2D eigenvalue weighted by atomic mass is 9.88. The summed E-state index contributed by atoms with van der Waals surface area (Å²) in [5.41, 5.74) is 1.19. The lowest BCUT2D eigenvalue weighted by molar-refractivity contribution is 0.0597. The van der Waals surface area contributed by atoms with Gasteiger partial charge in [-0.2, -0.15) is 0 Å². The van der Waals surface area contributed by atoms with Crippen molar-refractivity contribution in [1.82, 2.24) is 5.32 Å². The third-order valence-corrected chi connectivity index (χ3v) is 5.46. The van der Waals surface area contributed by atoms with Gasteiger partial charge in [0.25, 0.3) is 5.91 Å². The van der Waals surface area contributed by atoms with E-state index in [1.807, 2.05) is 0 Å². The quantitative estimate of drug-likeness (QED) is 0.499. The van der Waals surface area contributed by atoms with E-state index < -0.39 is 11.9 Å². The Balaban J connectivity index is 2.59. The molecule has 0 aliphatic carbocycles. The fraction of sp³-hybridized carbons (Fsp3) is 0.280. The van der Waals surface area contributed by atoms with Crippen LogP contribution in [0.1, 0.15) is 20.7 Å². The number of ether oxygens (including phenoxy) is 6. The maximum atomic E-state index is 13.1. The van der Waals surface area contributed by atoms with E-state index in [2.05, 4.69) is 5.32 Å². The topological polar surface area (TPSA) is 102 Å². The third kappa shape index (κ3) is 4.12. The van der Waals surface area contributed by atoms with Gasteiger partial charge in [-0.1, -0.05) is 0 Å². The fourth-order valence-corrected chi connectivity index (χ4v) is 3.88. The summed E-state index contributed by atoms with van der Waals surface area (Å²) in [5.74, 6) is 0.939. The van der Waals surface area contributed by atoms with Gasteiger partial charge in [0.2, 0.25) is 5.75 Å². The van der Waals surface area contributed by atoms with E-state index in [0.717, 1.165) is 0 Å². The Kier molecular flexibility index (Phi) is 7.35. The molecular formula is C25H27NO8. The number of hydrogen-bond donors (Lipinski definition) is 1. The van der Waals surface area contributed by atoms with Crippen LogP contribution in [-0.4, -0.2) is 61.6 Å². The lowest BCUT2D eigenvalue weighted by Gasteiger charge is -2.20. The summed E-state index contributed by atoms with van der Waals surface area (Å²) in [6.07, 6.45) is 0. The van der Waals surface area contributed by atoms with Crippen molar-refractivity contribution in [2.45, 2.75) is 0 Å². The molecule has 0 aliphatic rings. The molecule has 0 radical (unpaired) electrons. The first-order chi connectivity index (χ1) is 16.4. The molecule has 3 aromatic rings. The summed E-state index contributed by atoms with van der Waals surface area (Å²) in [4.78, 5) is 25.9. The zero-order valence-electron chi connectivity index (χ0n) is 20.2. The summed E-state index contributed by atoms with van der Waals surface area (Å²) in [6, 6.07) is 8.50. The van der Waals surface area contributed by atoms with Gasteiger partial charge in [-0.3, -0.25) is 4.79 Å². The number of amides is 1. The van der Waals surface area contributed by atoms with Gasteiger partial charge in [0.15, 0.2) is 23.0 Å². The highest BCUT2D eigenvalue weighted by Crippen LogP contribution is 2.46. The van der Waals surface area contributed by atoms with Crippen molar-refractivity contribution >= 4 is 22.6 Å². The number of rotatable bonds is 8. The minimum Gasteiger partial charge on any atom is -0.493 e. The minimum absolute atomic E-state index is 0.0795. The van der Waals surface area contributed by atoms with Crippen LogP contribution in [-0.2, 0) is 4.74 Å². The van der Waals surface area contributed by atoms with Crippen LogP contribution in [0, 0.1) is 0 Å². The molecule has 0 heterocycles. The number of nitrogens with one attached hydrogen (secondary N) is 1. The van der Waals surface area contributed by atoms with Gasteiger partial charge < -0.3 is 33.7 Å². The van der Waals surface area contributed by atoms with Gasteiger partial charge in [-0.05, 0) is 46.7 Å². The molecular weight excluding hydrogens is 442 g/mol. The summed E-state index contributed by atoms with van der Waals surface area (Å²) >= 11 is 0. The van der Waals surface area contributed by atoms with Gasteiger partial charge in [0.05, 0.1) is 53.8 Å². The van der Waals surface area contributed by atoms with Crippen molar-refractivity contribution in [1.29, 1.82) is 0 Å². The number of hydrogen-bond acceptors (Lipinski definition) is 8. The minimum atomic E-state index is -0.681. The van der Waals surface area contributed by atoms with E-state index in [-0.39, 0.29) is 11.1 Å². The van der Waals surface area contributed by atoms with E-state index in [4.69, 9.17) is 28.4 Å². The van der Waals surface area contributed by atoms with Crippen molar-refractivity contribution in [2.24, 2.45) is 0 Å². The predicted octanol–water partition coefficient (Wildman–Crippen LogP) is 3.70. The van der Waals surface area contributed by atoms with Gasteiger partial charge in [0.1, 0.15) is 0 Å². The largest absolute Gasteiger partial charge is 0.493 e. The Hall–Kier alpha value is -4.14. The number of benzene rings is 3. The van der Waals surface area contributed by atoms with Crippen LogP contribution < -0.4 is 29.0 Å². The Morgan fingerprint density at radius 1 is 0.706 bits per heavy atom. The van der Waals surface area contributed by atoms with E-state index in [1.165, 1.54) is 49.7 Å². The van der Waals surface area contributed by atoms with Crippen molar-refractivity contribution in [2.75, 3.05) is 49.7 Å². The molecule has 3 rings (SSSR count). The van der Waals surface area contributed by atoms with Gasteiger partial charge >= 0.3 is 5.97 Å².